The fraction of sp³-hybridized carbons (Fsp3) is 0.765. The molecule has 0 bridgehead atoms. The lowest BCUT2D eigenvalue weighted by Gasteiger charge is -2.26. The molecule has 6 heteroatoms. The number of hydrogen-bond acceptors (Lipinski definition) is 4. The van der Waals surface area contributed by atoms with E-state index in [-0.39, 0.29) is 11.1 Å². The molecule has 0 aromatic carbocycles. The Bertz CT molecular complexity index is 425. The first kappa shape index (κ1) is 19.6. The van der Waals surface area contributed by atoms with E-state index in [1.165, 1.54) is 0 Å². The number of ether oxygens (including phenoxy) is 1. The summed E-state index contributed by atoms with van der Waals surface area (Å²) in [4.78, 5) is 25.1. The first-order valence-electron chi connectivity index (χ1n) is 8.40. The predicted molar refractivity (Wildman–Crippen MR) is 87.5 cm³/mol. The molecule has 0 radical (unpaired) electrons. The van der Waals surface area contributed by atoms with Crippen LogP contribution < -0.4 is 0 Å². The maximum Gasteiger partial charge on any atom is 0.332 e. The van der Waals surface area contributed by atoms with Gasteiger partial charge in [-0.15, -0.1) is 0 Å². The molecule has 1 aliphatic rings. The van der Waals surface area contributed by atoms with Crippen LogP contribution in [0.1, 0.15) is 46.0 Å². The average molecular weight is 327 g/mol. The lowest BCUT2D eigenvalue weighted by atomic mass is 9.95. The highest BCUT2D eigenvalue weighted by Gasteiger charge is 2.20. The summed E-state index contributed by atoms with van der Waals surface area (Å²) in [6.45, 7) is 8.24. The monoisotopic (exact) mass is 327 g/mol. The number of aliphatic carboxylic acids is 2. The third kappa shape index (κ3) is 7.61. The molecule has 1 rings (SSSR count). The Morgan fingerprint density at radius 3 is 2.09 bits per heavy atom. The summed E-state index contributed by atoms with van der Waals surface area (Å²) >= 11 is 0. The van der Waals surface area contributed by atoms with Gasteiger partial charge in [0, 0.05) is 24.2 Å². The maximum absolute atomic E-state index is 11.4. The van der Waals surface area contributed by atoms with Gasteiger partial charge >= 0.3 is 11.9 Å². The van der Waals surface area contributed by atoms with Gasteiger partial charge in [-0.2, -0.15) is 0 Å². The van der Waals surface area contributed by atoms with Gasteiger partial charge in [-0.1, -0.05) is 13.8 Å². The fourth-order valence-corrected chi connectivity index (χ4v) is 2.67. The maximum atomic E-state index is 11.4. The zero-order valence-electron chi connectivity index (χ0n) is 14.2. The normalized spacial score (nSPS) is 17.2. The zero-order valence-corrected chi connectivity index (χ0v) is 14.2. The highest BCUT2D eigenvalue weighted by Crippen LogP contribution is 2.20. The Morgan fingerprint density at radius 1 is 1.00 bits per heavy atom. The molecular formula is C17H29NO5. The van der Waals surface area contributed by atoms with Crippen LogP contribution in [0.15, 0.2) is 11.1 Å². The van der Waals surface area contributed by atoms with Crippen LogP contribution in [0, 0.1) is 5.92 Å². The standard InChI is InChI=1S/C17H29NO5/c1-13(2)6-7-15(17(21)22)14(16(19)20)5-3-4-8-18-9-11-23-12-10-18/h13H,3-12H2,1-2H3,(H,19,20)(H,21,22). The summed E-state index contributed by atoms with van der Waals surface area (Å²) in [6, 6.07) is 0. The molecule has 0 unspecified atom stereocenters. The van der Waals surface area contributed by atoms with Crippen molar-refractivity contribution in [2.45, 2.75) is 46.0 Å². The lowest BCUT2D eigenvalue weighted by Crippen LogP contribution is -2.36. The van der Waals surface area contributed by atoms with Crippen LogP contribution >= 0.6 is 0 Å². The van der Waals surface area contributed by atoms with Crippen molar-refractivity contribution in [3.8, 4) is 0 Å². The largest absolute Gasteiger partial charge is 0.478 e. The number of unbranched alkanes of at least 4 members (excludes halogenated alkanes) is 1. The van der Waals surface area contributed by atoms with Gasteiger partial charge in [0.25, 0.3) is 0 Å². The summed E-state index contributed by atoms with van der Waals surface area (Å²) < 4.78 is 5.29. The highest BCUT2D eigenvalue weighted by atomic mass is 16.5. The van der Waals surface area contributed by atoms with Gasteiger partial charge in [-0.25, -0.2) is 9.59 Å². The van der Waals surface area contributed by atoms with Gasteiger partial charge in [0.2, 0.25) is 0 Å². The number of morpholine rings is 1. The van der Waals surface area contributed by atoms with Crippen molar-refractivity contribution in [2.24, 2.45) is 5.92 Å². The molecule has 23 heavy (non-hydrogen) atoms. The van der Waals surface area contributed by atoms with Crippen molar-refractivity contribution in [3.05, 3.63) is 11.1 Å². The third-order valence-electron chi connectivity index (χ3n) is 4.11. The van der Waals surface area contributed by atoms with E-state index in [0.29, 0.717) is 31.6 Å². The minimum Gasteiger partial charge on any atom is -0.478 e. The lowest BCUT2D eigenvalue weighted by molar-refractivity contribution is -0.136. The van der Waals surface area contributed by atoms with Gasteiger partial charge in [0.1, 0.15) is 0 Å². The van der Waals surface area contributed by atoms with Crippen LogP contribution in [0.3, 0.4) is 0 Å². The van der Waals surface area contributed by atoms with Gasteiger partial charge < -0.3 is 14.9 Å². The molecule has 0 spiro atoms. The minimum atomic E-state index is -1.10. The van der Waals surface area contributed by atoms with Crippen LogP contribution in [-0.2, 0) is 14.3 Å². The number of carboxylic acids is 2. The van der Waals surface area contributed by atoms with Crippen molar-refractivity contribution in [3.63, 3.8) is 0 Å². The molecule has 0 saturated carbocycles. The van der Waals surface area contributed by atoms with Gasteiger partial charge in [0.15, 0.2) is 0 Å². The van der Waals surface area contributed by atoms with Gasteiger partial charge in [-0.05, 0) is 44.6 Å². The minimum absolute atomic E-state index is 0.0672. The van der Waals surface area contributed by atoms with Crippen molar-refractivity contribution in [2.75, 3.05) is 32.8 Å². The molecule has 0 aliphatic carbocycles. The second kappa shape index (κ2) is 10.4. The van der Waals surface area contributed by atoms with E-state index in [1.54, 1.807) is 0 Å². The molecule has 1 fully saturated rings. The van der Waals surface area contributed by atoms with Crippen molar-refractivity contribution in [1.29, 1.82) is 0 Å². The molecule has 6 nitrogen and oxygen atoms in total. The molecule has 0 atom stereocenters. The first-order valence-corrected chi connectivity index (χ1v) is 8.40. The molecule has 0 aromatic heterocycles. The van der Waals surface area contributed by atoms with Gasteiger partial charge in [-0.3, -0.25) is 4.90 Å². The summed E-state index contributed by atoms with van der Waals surface area (Å²) in [7, 11) is 0. The molecule has 0 aromatic rings. The number of nitrogens with zero attached hydrogens (tertiary/aromatic N) is 1. The van der Waals surface area contributed by atoms with E-state index in [1.807, 2.05) is 13.8 Å². The number of carboxylic acid groups (broad SMARTS) is 2. The fourth-order valence-electron chi connectivity index (χ4n) is 2.67. The molecular weight excluding hydrogens is 298 g/mol. The SMILES string of the molecule is CC(C)CCC(C(=O)O)=C(CCCCN1CCOCC1)C(=O)O. The topological polar surface area (TPSA) is 87.1 Å². The van der Waals surface area contributed by atoms with E-state index >= 15 is 0 Å². The average Bonchev–Trinajstić information content (AvgIpc) is 2.49. The first-order chi connectivity index (χ1) is 10.9. The van der Waals surface area contributed by atoms with E-state index in [4.69, 9.17) is 4.74 Å². The van der Waals surface area contributed by atoms with Crippen LogP contribution in [0.25, 0.3) is 0 Å². The molecule has 0 amide bonds. The van der Waals surface area contributed by atoms with Gasteiger partial charge in [0.05, 0.1) is 13.2 Å². The number of rotatable bonds is 10. The summed E-state index contributed by atoms with van der Waals surface area (Å²) in [5.41, 5.74) is 0.137. The molecule has 1 aliphatic heterocycles. The summed E-state index contributed by atoms with van der Waals surface area (Å²) in [6.07, 6.45) is 2.88. The van der Waals surface area contributed by atoms with Crippen LogP contribution in [0.4, 0.5) is 0 Å². The van der Waals surface area contributed by atoms with Crippen molar-refractivity contribution >= 4 is 11.9 Å². The Hall–Kier alpha value is -1.40. The smallest absolute Gasteiger partial charge is 0.332 e. The van der Waals surface area contributed by atoms with Crippen LogP contribution in [0.5, 0.6) is 0 Å². The Labute approximate surface area is 138 Å². The van der Waals surface area contributed by atoms with Crippen LogP contribution in [0.2, 0.25) is 0 Å². The molecule has 2 N–H and O–H groups in total. The second-order valence-electron chi connectivity index (χ2n) is 6.41. The zero-order chi connectivity index (χ0) is 17.2. The van der Waals surface area contributed by atoms with E-state index < -0.39 is 11.9 Å². The molecule has 1 heterocycles. The molecule has 132 valence electrons. The predicted octanol–water partition coefficient (Wildman–Crippen LogP) is 2.39. The van der Waals surface area contributed by atoms with E-state index in [0.717, 1.165) is 39.3 Å². The number of carbonyl (C=O) groups is 2. The Morgan fingerprint density at radius 2 is 1.57 bits per heavy atom. The Balaban J connectivity index is 2.55. The van der Waals surface area contributed by atoms with Crippen molar-refractivity contribution in [1.82, 2.24) is 4.90 Å². The number of hydrogen-bond donors (Lipinski definition) is 2. The second-order valence-corrected chi connectivity index (χ2v) is 6.41. The van der Waals surface area contributed by atoms with Crippen molar-refractivity contribution < 1.29 is 24.5 Å². The molecule has 1 saturated heterocycles. The highest BCUT2D eigenvalue weighted by molar-refractivity contribution is 5.98. The summed E-state index contributed by atoms with van der Waals surface area (Å²) in [5, 5.41) is 18.7. The summed E-state index contributed by atoms with van der Waals surface area (Å²) in [5.74, 6) is -1.85. The third-order valence-corrected chi connectivity index (χ3v) is 4.11. The Kier molecular flexibility index (Phi) is 8.87. The van der Waals surface area contributed by atoms with E-state index in [9.17, 15) is 19.8 Å². The van der Waals surface area contributed by atoms with Crippen LogP contribution in [-0.4, -0.2) is 59.9 Å². The quantitative estimate of drug-likeness (QED) is 0.473. The van der Waals surface area contributed by atoms with E-state index in [2.05, 4.69) is 4.90 Å².